The van der Waals surface area contributed by atoms with Crippen LogP contribution in [0.15, 0.2) is 0 Å². The molecule has 1 heteroatoms. The van der Waals surface area contributed by atoms with Gasteiger partial charge in [-0.3, -0.25) is 0 Å². The van der Waals surface area contributed by atoms with E-state index < -0.39 is 0 Å². The largest absolute Gasteiger partial charge is 0.328 e. The second-order valence-electron chi connectivity index (χ2n) is 6.75. The Labute approximate surface area is 110 Å². The third-order valence-electron chi connectivity index (χ3n) is 4.66. The Morgan fingerprint density at radius 3 is 1.41 bits per heavy atom. The third kappa shape index (κ3) is 4.62. The average molecular weight is 241 g/mol. The Hall–Kier alpha value is -0.0400. The lowest BCUT2D eigenvalue weighted by atomic mass is 9.66. The molecule has 17 heavy (non-hydrogen) atoms. The predicted molar refractivity (Wildman–Crippen MR) is 78.9 cm³/mol. The maximum Gasteiger partial charge on any atom is 0.00438 e. The summed E-state index contributed by atoms with van der Waals surface area (Å²) in [5.74, 6) is 4.36. The SMILES string of the molecule is CCC(C)C(C(C)C)C(C)C(C(C)C)C(C)N. The van der Waals surface area contributed by atoms with Gasteiger partial charge in [-0.15, -0.1) is 0 Å². The molecule has 0 bridgehead atoms. The standard InChI is InChI=1S/C16H35N/c1-9-12(6)15(10(2)3)13(7)16(11(4)5)14(8)17/h10-16H,9,17H2,1-8H3. The summed E-state index contributed by atoms with van der Waals surface area (Å²) in [6.45, 7) is 18.7. The third-order valence-corrected chi connectivity index (χ3v) is 4.66. The topological polar surface area (TPSA) is 26.0 Å². The lowest BCUT2D eigenvalue weighted by Gasteiger charge is -2.40. The maximum absolute atomic E-state index is 6.22. The number of nitrogens with two attached hydrogens (primary N) is 1. The van der Waals surface area contributed by atoms with Crippen molar-refractivity contribution >= 4 is 0 Å². The predicted octanol–water partition coefficient (Wildman–Crippen LogP) is 4.56. The second kappa shape index (κ2) is 7.41. The smallest absolute Gasteiger partial charge is 0.00438 e. The van der Waals surface area contributed by atoms with Crippen LogP contribution in [0.3, 0.4) is 0 Å². The first-order valence-electron chi connectivity index (χ1n) is 7.49. The highest BCUT2D eigenvalue weighted by Crippen LogP contribution is 2.38. The van der Waals surface area contributed by atoms with Gasteiger partial charge in [-0.25, -0.2) is 0 Å². The zero-order valence-electron chi connectivity index (χ0n) is 13.3. The Balaban J connectivity index is 4.97. The number of hydrogen-bond acceptors (Lipinski definition) is 1. The Bertz CT molecular complexity index is 188. The van der Waals surface area contributed by atoms with Crippen molar-refractivity contribution in [1.29, 1.82) is 0 Å². The van der Waals surface area contributed by atoms with Crippen LogP contribution in [0.25, 0.3) is 0 Å². The molecule has 0 aliphatic carbocycles. The van der Waals surface area contributed by atoms with E-state index in [9.17, 15) is 0 Å². The number of rotatable bonds is 7. The van der Waals surface area contributed by atoms with Crippen LogP contribution >= 0.6 is 0 Å². The maximum atomic E-state index is 6.22. The fourth-order valence-electron chi connectivity index (χ4n) is 4.00. The van der Waals surface area contributed by atoms with Gasteiger partial charge in [0.25, 0.3) is 0 Å². The molecule has 0 rings (SSSR count). The molecular weight excluding hydrogens is 206 g/mol. The molecule has 0 saturated carbocycles. The van der Waals surface area contributed by atoms with E-state index in [1.165, 1.54) is 6.42 Å². The molecule has 0 aromatic rings. The highest BCUT2D eigenvalue weighted by molar-refractivity contribution is 4.84. The minimum absolute atomic E-state index is 0.301. The molecular formula is C16H35N. The monoisotopic (exact) mass is 241 g/mol. The minimum Gasteiger partial charge on any atom is -0.328 e. The van der Waals surface area contributed by atoms with Crippen molar-refractivity contribution in [1.82, 2.24) is 0 Å². The zero-order valence-corrected chi connectivity index (χ0v) is 13.3. The summed E-state index contributed by atoms with van der Waals surface area (Å²) in [5, 5.41) is 0. The van der Waals surface area contributed by atoms with E-state index in [0.717, 1.165) is 17.8 Å². The zero-order chi connectivity index (χ0) is 13.7. The lowest BCUT2D eigenvalue weighted by molar-refractivity contribution is 0.0944. The molecule has 5 atom stereocenters. The highest BCUT2D eigenvalue weighted by atomic mass is 14.6. The van der Waals surface area contributed by atoms with Crippen LogP contribution < -0.4 is 5.73 Å². The summed E-state index contributed by atoms with van der Waals surface area (Å²) in [6.07, 6.45) is 1.27. The molecule has 104 valence electrons. The van der Waals surface area contributed by atoms with Crippen molar-refractivity contribution in [2.45, 2.75) is 67.9 Å². The summed E-state index contributed by atoms with van der Waals surface area (Å²) < 4.78 is 0. The van der Waals surface area contributed by atoms with E-state index in [-0.39, 0.29) is 0 Å². The molecule has 0 spiro atoms. The lowest BCUT2D eigenvalue weighted by Crippen LogP contribution is -2.41. The van der Waals surface area contributed by atoms with Crippen molar-refractivity contribution in [3.63, 3.8) is 0 Å². The Morgan fingerprint density at radius 1 is 0.765 bits per heavy atom. The van der Waals surface area contributed by atoms with Crippen molar-refractivity contribution in [2.75, 3.05) is 0 Å². The molecule has 0 amide bonds. The van der Waals surface area contributed by atoms with Gasteiger partial charge in [0.05, 0.1) is 0 Å². The first kappa shape index (κ1) is 17.0. The van der Waals surface area contributed by atoms with Gasteiger partial charge >= 0.3 is 0 Å². The van der Waals surface area contributed by atoms with E-state index in [1.54, 1.807) is 0 Å². The van der Waals surface area contributed by atoms with Crippen molar-refractivity contribution in [3.05, 3.63) is 0 Å². The summed E-state index contributed by atoms with van der Waals surface area (Å²) in [6, 6.07) is 0.301. The molecule has 0 aromatic heterocycles. The van der Waals surface area contributed by atoms with Crippen LogP contribution in [0, 0.1) is 35.5 Å². The summed E-state index contributed by atoms with van der Waals surface area (Å²) in [7, 11) is 0. The van der Waals surface area contributed by atoms with Crippen molar-refractivity contribution in [3.8, 4) is 0 Å². The fourth-order valence-corrected chi connectivity index (χ4v) is 4.00. The van der Waals surface area contributed by atoms with Gasteiger partial charge in [-0.2, -0.15) is 0 Å². The average Bonchev–Trinajstić information content (AvgIpc) is 2.15. The molecule has 2 N–H and O–H groups in total. The van der Waals surface area contributed by atoms with Gasteiger partial charge in [-0.05, 0) is 42.4 Å². The van der Waals surface area contributed by atoms with Crippen LogP contribution in [-0.4, -0.2) is 6.04 Å². The summed E-state index contributed by atoms with van der Waals surface area (Å²) in [5.41, 5.74) is 6.22. The highest BCUT2D eigenvalue weighted by Gasteiger charge is 2.34. The van der Waals surface area contributed by atoms with Crippen molar-refractivity contribution in [2.24, 2.45) is 41.2 Å². The molecule has 0 aromatic carbocycles. The second-order valence-corrected chi connectivity index (χ2v) is 6.75. The van der Waals surface area contributed by atoms with Crippen LogP contribution in [0.4, 0.5) is 0 Å². The molecule has 5 unspecified atom stereocenters. The molecule has 0 aliphatic rings. The molecule has 1 nitrogen and oxygen atoms in total. The molecule has 0 heterocycles. The summed E-state index contributed by atoms with van der Waals surface area (Å²) >= 11 is 0. The van der Waals surface area contributed by atoms with E-state index in [0.29, 0.717) is 23.8 Å². The Morgan fingerprint density at radius 2 is 1.18 bits per heavy atom. The van der Waals surface area contributed by atoms with Crippen LogP contribution in [0.5, 0.6) is 0 Å². The van der Waals surface area contributed by atoms with Gasteiger partial charge in [0, 0.05) is 6.04 Å². The molecule has 0 fully saturated rings. The van der Waals surface area contributed by atoms with E-state index >= 15 is 0 Å². The van der Waals surface area contributed by atoms with E-state index in [1.807, 2.05) is 0 Å². The Kier molecular flexibility index (Phi) is 7.39. The molecule has 0 saturated heterocycles. The van der Waals surface area contributed by atoms with Crippen LogP contribution in [0.2, 0.25) is 0 Å². The first-order chi connectivity index (χ1) is 7.73. The summed E-state index contributed by atoms with van der Waals surface area (Å²) in [4.78, 5) is 0. The minimum atomic E-state index is 0.301. The first-order valence-corrected chi connectivity index (χ1v) is 7.49. The van der Waals surface area contributed by atoms with Crippen molar-refractivity contribution < 1.29 is 0 Å². The van der Waals surface area contributed by atoms with E-state index in [2.05, 4.69) is 55.4 Å². The van der Waals surface area contributed by atoms with Gasteiger partial charge in [0.1, 0.15) is 0 Å². The van der Waals surface area contributed by atoms with Gasteiger partial charge < -0.3 is 5.73 Å². The van der Waals surface area contributed by atoms with E-state index in [4.69, 9.17) is 5.73 Å². The van der Waals surface area contributed by atoms with Crippen LogP contribution in [0.1, 0.15) is 61.8 Å². The van der Waals surface area contributed by atoms with Gasteiger partial charge in [-0.1, -0.05) is 54.9 Å². The quantitative estimate of drug-likeness (QED) is 0.694. The van der Waals surface area contributed by atoms with Gasteiger partial charge in [0.15, 0.2) is 0 Å². The molecule has 0 aliphatic heterocycles. The van der Waals surface area contributed by atoms with Gasteiger partial charge in [0.2, 0.25) is 0 Å². The fraction of sp³-hybridized carbons (Fsp3) is 1.00. The van der Waals surface area contributed by atoms with Crippen LogP contribution in [-0.2, 0) is 0 Å². The molecule has 0 radical (unpaired) electrons. The normalized spacial score (nSPS) is 21.4. The number of hydrogen-bond donors (Lipinski definition) is 1.